The van der Waals surface area contributed by atoms with Gasteiger partial charge in [-0.25, -0.2) is 0 Å². The monoisotopic (exact) mass is 262 g/mol. The molecule has 0 bridgehead atoms. The second-order valence-electron chi connectivity index (χ2n) is 4.63. The van der Waals surface area contributed by atoms with Crippen LogP contribution in [0.1, 0.15) is 40.4 Å². The van der Waals surface area contributed by atoms with Crippen molar-refractivity contribution in [1.29, 1.82) is 0 Å². The van der Waals surface area contributed by atoms with Crippen molar-refractivity contribution in [1.82, 2.24) is 15.1 Å². The molecule has 0 radical (unpaired) electrons. The highest BCUT2D eigenvalue weighted by Crippen LogP contribution is 2.22. The molecule has 0 aliphatic rings. The third kappa shape index (κ3) is 2.47. The first-order chi connectivity index (χ1) is 8.90. The third-order valence-corrected chi connectivity index (χ3v) is 3.12. The third-order valence-electron chi connectivity index (χ3n) is 3.12. The van der Waals surface area contributed by atoms with Crippen molar-refractivity contribution < 1.29 is 9.21 Å². The molecule has 2 heterocycles. The minimum Gasteiger partial charge on any atom is -0.466 e. The summed E-state index contributed by atoms with van der Waals surface area (Å²) in [7, 11) is 1.69. The number of nitrogens with two attached hydrogens (primary N) is 1. The van der Waals surface area contributed by atoms with Crippen LogP contribution in [-0.2, 0) is 7.05 Å². The molecular formula is C13H18N4O2. The van der Waals surface area contributed by atoms with Gasteiger partial charge in [-0.3, -0.25) is 9.48 Å². The number of nitrogens with zero attached hydrogens (tertiary/aromatic N) is 2. The highest BCUT2D eigenvalue weighted by molar-refractivity contribution is 5.98. The maximum absolute atomic E-state index is 12.1. The summed E-state index contributed by atoms with van der Waals surface area (Å²) >= 11 is 0. The van der Waals surface area contributed by atoms with Crippen LogP contribution < -0.4 is 11.1 Å². The minimum absolute atomic E-state index is 0.149. The Bertz CT molecular complexity index is 612. The van der Waals surface area contributed by atoms with Crippen molar-refractivity contribution in [3.8, 4) is 0 Å². The van der Waals surface area contributed by atoms with Crippen molar-refractivity contribution in [3.05, 3.63) is 34.9 Å². The van der Waals surface area contributed by atoms with E-state index in [4.69, 9.17) is 10.2 Å². The summed E-state index contributed by atoms with van der Waals surface area (Å²) < 4.78 is 6.92. The first-order valence-corrected chi connectivity index (χ1v) is 6.05. The van der Waals surface area contributed by atoms with E-state index in [1.165, 1.54) is 10.9 Å². The lowest BCUT2D eigenvalue weighted by molar-refractivity contribution is 0.0940. The van der Waals surface area contributed by atoms with Gasteiger partial charge in [-0.2, -0.15) is 5.10 Å². The van der Waals surface area contributed by atoms with Gasteiger partial charge in [-0.15, -0.1) is 0 Å². The number of aryl methyl sites for hydroxylation is 3. The fourth-order valence-corrected chi connectivity index (χ4v) is 2.05. The molecule has 0 fully saturated rings. The Labute approximate surface area is 111 Å². The van der Waals surface area contributed by atoms with Crippen LogP contribution in [0, 0.1) is 13.8 Å². The Balaban J connectivity index is 2.15. The van der Waals surface area contributed by atoms with E-state index in [0.29, 0.717) is 11.4 Å². The molecule has 2 aromatic heterocycles. The van der Waals surface area contributed by atoms with Crippen LogP contribution in [0.4, 0.5) is 5.82 Å². The Morgan fingerprint density at radius 2 is 2.21 bits per heavy atom. The Morgan fingerprint density at radius 1 is 1.53 bits per heavy atom. The van der Waals surface area contributed by atoms with Gasteiger partial charge in [0.15, 0.2) is 0 Å². The molecule has 0 aliphatic carbocycles. The van der Waals surface area contributed by atoms with Crippen LogP contribution in [-0.4, -0.2) is 15.7 Å². The first-order valence-electron chi connectivity index (χ1n) is 6.05. The molecule has 3 N–H and O–H groups in total. The summed E-state index contributed by atoms with van der Waals surface area (Å²) in [5.74, 6) is 1.75. The quantitative estimate of drug-likeness (QED) is 0.881. The number of furan rings is 1. The lowest BCUT2D eigenvalue weighted by Crippen LogP contribution is -2.27. The van der Waals surface area contributed by atoms with Crippen LogP contribution in [0.15, 0.2) is 16.7 Å². The predicted octanol–water partition coefficient (Wildman–Crippen LogP) is 1.70. The zero-order valence-corrected chi connectivity index (χ0v) is 11.5. The van der Waals surface area contributed by atoms with Crippen LogP contribution >= 0.6 is 0 Å². The molecule has 0 spiro atoms. The van der Waals surface area contributed by atoms with Crippen molar-refractivity contribution in [2.45, 2.75) is 26.8 Å². The zero-order valence-electron chi connectivity index (χ0n) is 11.5. The number of nitrogen functional groups attached to an aromatic ring is 1. The average Bonchev–Trinajstić information content (AvgIpc) is 2.83. The maximum Gasteiger partial charge on any atom is 0.257 e. The van der Waals surface area contributed by atoms with E-state index in [1.807, 2.05) is 26.8 Å². The summed E-state index contributed by atoms with van der Waals surface area (Å²) in [5, 5.41) is 6.84. The van der Waals surface area contributed by atoms with Crippen molar-refractivity contribution in [2.24, 2.45) is 7.05 Å². The SMILES string of the molecule is Cc1cc(C(C)NC(=O)c2cnn(C)c2N)c(C)o1. The highest BCUT2D eigenvalue weighted by atomic mass is 16.3. The highest BCUT2D eigenvalue weighted by Gasteiger charge is 2.19. The fraction of sp³-hybridized carbons (Fsp3) is 0.385. The predicted molar refractivity (Wildman–Crippen MR) is 71.7 cm³/mol. The second-order valence-corrected chi connectivity index (χ2v) is 4.63. The number of amides is 1. The fourth-order valence-electron chi connectivity index (χ4n) is 2.05. The molecular weight excluding hydrogens is 244 g/mol. The summed E-state index contributed by atoms with van der Waals surface area (Å²) in [6.45, 7) is 5.66. The van der Waals surface area contributed by atoms with E-state index < -0.39 is 0 Å². The van der Waals surface area contributed by atoms with Crippen molar-refractivity contribution >= 4 is 11.7 Å². The normalized spacial score (nSPS) is 12.4. The van der Waals surface area contributed by atoms with Gasteiger partial charge in [0.2, 0.25) is 0 Å². The lowest BCUT2D eigenvalue weighted by atomic mass is 10.1. The summed E-state index contributed by atoms with van der Waals surface area (Å²) in [5.41, 5.74) is 7.12. The second kappa shape index (κ2) is 4.79. The topological polar surface area (TPSA) is 86.1 Å². The van der Waals surface area contributed by atoms with Gasteiger partial charge < -0.3 is 15.5 Å². The van der Waals surface area contributed by atoms with Crippen LogP contribution in [0.3, 0.4) is 0 Å². The van der Waals surface area contributed by atoms with E-state index >= 15 is 0 Å². The molecule has 0 aliphatic heterocycles. The average molecular weight is 262 g/mol. The van der Waals surface area contributed by atoms with E-state index in [0.717, 1.165) is 17.1 Å². The summed E-state index contributed by atoms with van der Waals surface area (Å²) in [4.78, 5) is 12.1. The molecule has 1 amide bonds. The van der Waals surface area contributed by atoms with E-state index in [2.05, 4.69) is 10.4 Å². The number of nitrogens with one attached hydrogen (secondary N) is 1. The van der Waals surface area contributed by atoms with Gasteiger partial charge in [-0.1, -0.05) is 0 Å². The standard InChI is InChI=1S/C13H18N4O2/c1-7-5-10(9(3)19-7)8(2)16-13(18)11-6-15-17(4)12(11)14/h5-6,8H,14H2,1-4H3,(H,16,18). The van der Waals surface area contributed by atoms with E-state index in [9.17, 15) is 4.79 Å². The van der Waals surface area contributed by atoms with E-state index in [-0.39, 0.29) is 11.9 Å². The van der Waals surface area contributed by atoms with E-state index in [1.54, 1.807) is 7.05 Å². The van der Waals surface area contributed by atoms with Gasteiger partial charge in [-0.05, 0) is 26.8 Å². The Hall–Kier alpha value is -2.24. The Kier molecular flexibility index (Phi) is 3.33. The van der Waals surface area contributed by atoms with Gasteiger partial charge in [0.25, 0.3) is 5.91 Å². The van der Waals surface area contributed by atoms with Gasteiger partial charge >= 0.3 is 0 Å². The van der Waals surface area contributed by atoms with Gasteiger partial charge in [0.1, 0.15) is 22.9 Å². The Morgan fingerprint density at radius 3 is 2.68 bits per heavy atom. The number of aromatic nitrogens is 2. The van der Waals surface area contributed by atoms with Crippen molar-refractivity contribution in [3.63, 3.8) is 0 Å². The summed E-state index contributed by atoms with van der Waals surface area (Å²) in [6.07, 6.45) is 1.46. The minimum atomic E-state index is -0.239. The van der Waals surface area contributed by atoms with Gasteiger partial charge in [0, 0.05) is 12.6 Å². The molecule has 0 saturated carbocycles. The molecule has 6 nitrogen and oxygen atoms in total. The molecule has 0 aromatic carbocycles. The van der Waals surface area contributed by atoms with Crippen LogP contribution in [0.25, 0.3) is 0 Å². The largest absolute Gasteiger partial charge is 0.466 e. The lowest BCUT2D eigenvalue weighted by Gasteiger charge is -2.12. The van der Waals surface area contributed by atoms with Crippen molar-refractivity contribution in [2.75, 3.05) is 5.73 Å². The summed E-state index contributed by atoms with van der Waals surface area (Å²) in [6, 6.07) is 1.77. The number of rotatable bonds is 3. The smallest absolute Gasteiger partial charge is 0.257 e. The molecule has 2 rings (SSSR count). The van der Waals surface area contributed by atoms with Crippen LogP contribution in [0.2, 0.25) is 0 Å². The maximum atomic E-state index is 12.1. The number of hydrogen-bond acceptors (Lipinski definition) is 4. The molecule has 102 valence electrons. The number of carbonyl (C=O) groups excluding carboxylic acids is 1. The number of anilines is 1. The molecule has 19 heavy (non-hydrogen) atoms. The molecule has 6 heteroatoms. The molecule has 1 atom stereocenters. The number of hydrogen-bond donors (Lipinski definition) is 2. The first kappa shape index (κ1) is 13.2. The number of carbonyl (C=O) groups is 1. The molecule has 1 unspecified atom stereocenters. The molecule has 0 saturated heterocycles. The van der Waals surface area contributed by atoms with Crippen LogP contribution in [0.5, 0.6) is 0 Å². The zero-order chi connectivity index (χ0) is 14.2. The molecule has 2 aromatic rings. The van der Waals surface area contributed by atoms with Gasteiger partial charge in [0.05, 0.1) is 12.2 Å².